The van der Waals surface area contributed by atoms with Crippen molar-refractivity contribution >= 4 is 11.7 Å². The minimum Gasteiger partial charge on any atom is -0.497 e. The second-order valence-corrected chi connectivity index (χ2v) is 8.83. The molecule has 0 radical (unpaired) electrons. The van der Waals surface area contributed by atoms with Crippen LogP contribution in [0.2, 0.25) is 0 Å². The van der Waals surface area contributed by atoms with Crippen molar-refractivity contribution in [2.75, 3.05) is 13.7 Å². The fourth-order valence-corrected chi connectivity index (χ4v) is 5.27. The van der Waals surface area contributed by atoms with Crippen LogP contribution in [-0.2, 0) is 11.3 Å². The van der Waals surface area contributed by atoms with Crippen LogP contribution in [0.25, 0.3) is 0 Å². The van der Waals surface area contributed by atoms with E-state index in [0.717, 1.165) is 16.9 Å². The summed E-state index contributed by atoms with van der Waals surface area (Å²) in [4.78, 5) is 29.4. The highest BCUT2D eigenvalue weighted by Crippen LogP contribution is 2.46. The van der Waals surface area contributed by atoms with Gasteiger partial charge in [0, 0.05) is 36.4 Å². The number of carbonyl (C=O) groups excluding carboxylic acids is 2. The number of nitrogens with zero attached hydrogens (tertiary/aromatic N) is 1. The third-order valence-electron chi connectivity index (χ3n) is 6.91. The molecular formula is C29H27NO3. The van der Waals surface area contributed by atoms with Crippen LogP contribution in [-0.4, -0.2) is 30.2 Å². The molecular weight excluding hydrogens is 410 g/mol. The number of hydrogen-bond acceptors (Lipinski definition) is 3. The van der Waals surface area contributed by atoms with Crippen molar-refractivity contribution in [2.45, 2.75) is 12.5 Å². The zero-order valence-electron chi connectivity index (χ0n) is 18.6. The molecule has 33 heavy (non-hydrogen) atoms. The largest absolute Gasteiger partial charge is 0.497 e. The first kappa shape index (κ1) is 21.2. The third kappa shape index (κ3) is 4.09. The first-order chi connectivity index (χ1) is 16.2. The van der Waals surface area contributed by atoms with Gasteiger partial charge >= 0.3 is 0 Å². The average Bonchev–Trinajstić information content (AvgIpc) is 3.19. The Bertz CT molecular complexity index is 1150. The van der Waals surface area contributed by atoms with Crippen LogP contribution >= 0.6 is 0 Å². The number of amides is 1. The summed E-state index contributed by atoms with van der Waals surface area (Å²) < 4.78 is 5.25. The molecule has 1 fully saturated rings. The number of rotatable bonds is 6. The third-order valence-corrected chi connectivity index (χ3v) is 6.91. The minimum atomic E-state index is -0.418. The number of fused-ring (bicyclic) bond motifs is 1. The molecule has 4 atom stereocenters. The number of methoxy groups -OCH3 is 1. The van der Waals surface area contributed by atoms with Gasteiger partial charge in [0.25, 0.3) is 0 Å². The molecule has 0 N–H and O–H groups in total. The highest BCUT2D eigenvalue weighted by molar-refractivity contribution is 6.02. The van der Waals surface area contributed by atoms with Gasteiger partial charge in [-0.1, -0.05) is 84.9 Å². The number of likely N-dealkylation sites (tertiary alicyclic amines) is 1. The Morgan fingerprint density at radius 1 is 0.909 bits per heavy atom. The smallest absolute Gasteiger partial charge is 0.227 e. The van der Waals surface area contributed by atoms with Gasteiger partial charge in [0.05, 0.1) is 13.0 Å². The lowest BCUT2D eigenvalue weighted by molar-refractivity contribution is -0.132. The van der Waals surface area contributed by atoms with E-state index in [0.29, 0.717) is 18.7 Å². The first-order valence-corrected chi connectivity index (χ1v) is 11.4. The number of carbonyl (C=O) groups is 2. The molecule has 1 amide bonds. The summed E-state index contributed by atoms with van der Waals surface area (Å²) in [7, 11) is 1.64. The second-order valence-electron chi connectivity index (χ2n) is 8.83. The van der Waals surface area contributed by atoms with Crippen molar-refractivity contribution in [1.29, 1.82) is 0 Å². The Labute approximate surface area is 194 Å². The van der Waals surface area contributed by atoms with Crippen molar-refractivity contribution in [3.05, 3.63) is 114 Å². The van der Waals surface area contributed by atoms with Gasteiger partial charge in [-0.25, -0.2) is 0 Å². The summed E-state index contributed by atoms with van der Waals surface area (Å²) in [6.45, 7) is 1.16. The van der Waals surface area contributed by atoms with Gasteiger partial charge in [-0.05, 0) is 23.3 Å². The number of benzene rings is 3. The molecule has 0 unspecified atom stereocenters. The van der Waals surface area contributed by atoms with E-state index in [1.54, 1.807) is 7.11 Å². The summed E-state index contributed by atoms with van der Waals surface area (Å²) in [6, 6.07) is 27.2. The van der Waals surface area contributed by atoms with Crippen molar-refractivity contribution in [3.63, 3.8) is 0 Å². The Hall–Kier alpha value is -3.66. The van der Waals surface area contributed by atoms with Crippen LogP contribution in [0.5, 0.6) is 5.75 Å². The number of allylic oxidation sites excluding steroid dienone is 1. The Balaban J connectivity index is 1.47. The molecule has 3 aromatic carbocycles. The van der Waals surface area contributed by atoms with Crippen LogP contribution in [0.4, 0.5) is 0 Å². The molecule has 4 nitrogen and oxygen atoms in total. The van der Waals surface area contributed by atoms with E-state index in [1.165, 1.54) is 0 Å². The highest BCUT2D eigenvalue weighted by Gasteiger charge is 2.50. The molecule has 0 spiro atoms. The van der Waals surface area contributed by atoms with Crippen LogP contribution in [0.1, 0.15) is 27.4 Å². The molecule has 2 aliphatic rings. The monoisotopic (exact) mass is 437 g/mol. The van der Waals surface area contributed by atoms with Gasteiger partial charge in [-0.3, -0.25) is 9.59 Å². The van der Waals surface area contributed by atoms with E-state index in [2.05, 4.69) is 24.3 Å². The van der Waals surface area contributed by atoms with Gasteiger partial charge in [0.15, 0.2) is 5.78 Å². The molecule has 1 heterocycles. The highest BCUT2D eigenvalue weighted by atomic mass is 16.5. The van der Waals surface area contributed by atoms with Crippen LogP contribution in [0.3, 0.4) is 0 Å². The molecule has 4 heteroatoms. The van der Waals surface area contributed by atoms with Gasteiger partial charge in [-0.15, -0.1) is 0 Å². The quantitative estimate of drug-likeness (QED) is 0.397. The average molecular weight is 438 g/mol. The van der Waals surface area contributed by atoms with Crippen molar-refractivity contribution in [2.24, 2.45) is 17.8 Å². The number of Topliss-reactive ketones (excluding diaryl/α,β-unsaturated/α-hetero) is 1. The maximum atomic E-state index is 13.8. The van der Waals surface area contributed by atoms with Crippen LogP contribution in [0.15, 0.2) is 97.1 Å². The number of ether oxygens (including phenoxy) is 1. The summed E-state index contributed by atoms with van der Waals surface area (Å²) in [6.07, 6.45) is 4.30. The summed E-state index contributed by atoms with van der Waals surface area (Å²) in [5.74, 6) is 0.0453. The second kappa shape index (κ2) is 9.07. The SMILES string of the molecule is COc1ccc(CN2C[C@H]3C=C[C@@H](c4ccccc4)[C@@H](C(=O)c4ccccc4)[C@@H]3C2=O)cc1. The summed E-state index contributed by atoms with van der Waals surface area (Å²) >= 11 is 0. The summed E-state index contributed by atoms with van der Waals surface area (Å²) in [5, 5.41) is 0. The molecule has 3 aromatic rings. The molecule has 5 rings (SSSR count). The van der Waals surface area contributed by atoms with Crippen molar-refractivity contribution in [1.82, 2.24) is 4.90 Å². The van der Waals surface area contributed by atoms with E-state index >= 15 is 0 Å². The van der Waals surface area contributed by atoms with E-state index in [4.69, 9.17) is 4.74 Å². The Kier molecular flexibility index (Phi) is 5.82. The van der Waals surface area contributed by atoms with E-state index in [9.17, 15) is 9.59 Å². The van der Waals surface area contributed by atoms with Gasteiger partial charge < -0.3 is 9.64 Å². The Morgan fingerprint density at radius 3 is 2.24 bits per heavy atom. The van der Waals surface area contributed by atoms with Crippen molar-refractivity contribution in [3.8, 4) is 5.75 Å². The maximum absolute atomic E-state index is 13.8. The van der Waals surface area contributed by atoms with E-state index in [1.807, 2.05) is 77.7 Å². The number of ketones is 1. The fourth-order valence-electron chi connectivity index (χ4n) is 5.27. The van der Waals surface area contributed by atoms with Crippen molar-refractivity contribution < 1.29 is 14.3 Å². The normalized spacial score (nSPS) is 23.9. The maximum Gasteiger partial charge on any atom is 0.227 e. The lowest BCUT2D eigenvalue weighted by Crippen LogP contribution is -2.39. The molecule has 0 bridgehead atoms. The molecule has 1 saturated heterocycles. The zero-order chi connectivity index (χ0) is 22.8. The van der Waals surface area contributed by atoms with Crippen LogP contribution in [0, 0.1) is 17.8 Å². The molecule has 166 valence electrons. The molecule has 1 aliphatic heterocycles. The predicted octanol–water partition coefficient (Wildman–Crippen LogP) is 5.12. The van der Waals surface area contributed by atoms with Gasteiger partial charge in [-0.2, -0.15) is 0 Å². The standard InChI is InChI=1S/C29H27NO3/c1-33-24-15-12-20(13-16-24)18-30-19-23-14-17-25(21-8-4-2-5-9-21)27(26(23)29(30)32)28(31)22-10-6-3-7-11-22/h2-17,23,25-27H,18-19H2,1H3/t23-,25+,26-,27-/m1/s1. The van der Waals surface area contributed by atoms with Crippen LogP contribution < -0.4 is 4.74 Å². The summed E-state index contributed by atoms with van der Waals surface area (Å²) in [5.41, 5.74) is 2.79. The molecule has 0 saturated carbocycles. The Morgan fingerprint density at radius 2 is 1.58 bits per heavy atom. The fraction of sp³-hybridized carbons (Fsp3) is 0.241. The molecule has 1 aliphatic carbocycles. The zero-order valence-corrected chi connectivity index (χ0v) is 18.6. The topological polar surface area (TPSA) is 46.6 Å². The van der Waals surface area contributed by atoms with E-state index < -0.39 is 5.92 Å². The number of hydrogen-bond donors (Lipinski definition) is 0. The first-order valence-electron chi connectivity index (χ1n) is 11.4. The van der Waals surface area contributed by atoms with E-state index in [-0.39, 0.29) is 29.4 Å². The van der Waals surface area contributed by atoms with Gasteiger partial charge in [0.1, 0.15) is 5.75 Å². The predicted molar refractivity (Wildman–Crippen MR) is 128 cm³/mol. The lowest BCUT2D eigenvalue weighted by Gasteiger charge is -2.34. The lowest BCUT2D eigenvalue weighted by atomic mass is 9.66. The molecule has 0 aromatic heterocycles. The van der Waals surface area contributed by atoms with Gasteiger partial charge in [0.2, 0.25) is 5.91 Å². The minimum absolute atomic E-state index is 0.0355.